The molecule has 0 saturated heterocycles. The third-order valence-electron chi connectivity index (χ3n) is 2.52. The summed E-state index contributed by atoms with van der Waals surface area (Å²) in [5.74, 6) is 0. The van der Waals surface area contributed by atoms with Gasteiger partial charge < -0.3 is 5.73 Å². The number of nitrogens with one attached hydrogen (secondary N) is 1. The fraction of sp³-hybridized carbons (Fsp3) is 0.455. The summed E-state index contributed by atoms with van der Waals surface area (Å²) in [4.78, 5) is 0.217. The van der Waals surface area contributed by atoms with Crippen LogP contribution in [0, 0.1) is 6.92 Å². The van der Waals surface area contributed by atoms with E-state index in [-0.39, 0.29) is 10.1 Å². The summed E-state index contributed by atoms with van der Waals surface area (Å²) in [7, 11) is -3.45. The van der Waals surface area contributed by atoms with Crippen molar-refractivity contribution < 1.29 is 8.42 Å². The fourth-order valence-corrected chi connectivity index (χ4v) is 2.70. The molecule has 0 aliphatic carbocycles. The quantitative estimate of drug-likeness (QED) is 0.800. The minimum atomic E-state index is -3.45. The van der Waals surface area contributed by atoms with E-state index in [0.717, 1.165) is 5.56 Å². The molecule has 0 aliphatic rings. The van der Waals surface area contributed by atoms with Gasteiger partial charge in [0.2, 0.25) is 10.0 Å². The summed E-state index contributed by atoms with van der Waals surface area (Å²) in [6, 6.07) is 4.76. The maximum Gasteiger partial charge on any atom is 0.240 e. The molecule has 0 amide bonds. The van der Waals surface area contributed by atoms with Crippen LogP contribution < -0.4 is 10.5 Å². The van der Waals surface area contributed by atoms with Crippen LogP contribution >= 0.6 is 11.8 Å². The van der Waals surface area contributed by atoms with Crippen molar-refractivity contribution in [1.82, 2.24) is 4.72 Å². The normalized spacial score (nSPS) is 13.6. The topological polar surface area (TPSA) is 72.2 Å². The molecule has 6 heteroatoms. The molecule has 96 valence electrons. The van der Waals surface area contributed by atoms with Crippen LogP contribution in [-0.2, 0) is 10.0 Å². The van der Waals surface area contributed by atoms with Crippen LogP contribution in [0.4, 0.5) is 5.69 Å². The third-order valence-corrected chi connectivity index (χ3v) is 4.92. The van der Waals surface area contributed by atoms with Crippen LogP contribution in [0.2, 0.25) is 0 Å². The first-order chi connectivity index (χ1) is 7.86. The third kappa shape index (κ3) is 3.90. The maximum absolute atomic E-state index is 11.9. The molecular weight excluding hydrogens is 256 g/mol. The fourth-order valence-electron chi connectivity index (χ4n) is 1.18. The monoisotopic (exact) mass is 274 g/mol. The van der Waals surface area contributed by atoms with Gasteiger partial charge in [0.15, 0.2) is 0 Å². The molecule has 0 radical (unpaired) electrons. The highest BCUT2D eigenvalue weighted by Crippen LogP contribution is 2.17. The lowest BCUT2D eigenvalue weighted by molar-refractivity contribution is 0.581. The Morgan fingerprint density at radius 3 is 2.65 bits per heavy atom. The van der Waals surface area contributed by atoms with E-state index in [0.29, 0.717) is 12.2 Å². The Labute approximate surface area is 107 Å². The maximum atomic E-state index is 11.9. The summed E-state index contributed by atoms with van der Waals surface area (Å²) in [5.41, 5.74) is 7.07. The first-order valence-electron chi connectivity index (χ1n) is 5.25. The van der Waals surface area contributed by atoms with Crippen molar-refractivity contribution in [3.05, 3.63) is 23.8 Å². The molecule has 1 rings (SSSR count). The van der Waals surface area contributed by atoms with Crippen LogP contribution in [0.5, 0.6) is 0 Å². The number of aryl methyl sites for hydroxylation is 1. The molecular formula is C11H18N2O2S2. The van der Waals surface area contributed by atoms with Gasteiger partial charge in [-0.3, -0.25) is 0 Å². The van der Waals surface area contributed by atoms with E-state index >= 15 is 0 Å². The second-order valence-electron chi connectivity index (χ2n) is 3.92. The van der Waals surface area contributed by atoms with Gasteiger partial charge in [0.25, 0.3) is 0 Å². The van der Waals surface area contributed by atoms with Crippen molar-refractivity contribution in [2.24, 2.45) is 0 Å². The Kier molecular flexibility index (Phi) is 4.85. The number of nitrogens with two attached hydrogens (primary N) is 1. The van der Waals surface area contributed by atoms with Gasteiger partial charge >= 0.3 is 0 Å². The van der Waals surface area contributed by atoms with Gasteiger partial charge in [-0.1, -0.05) is 13.0 Å². The van der Waals surface area contributed by atoms with E-state index in [1.165, 1.54) is 6.07 Å². The lowest BCUT2D eigenvalue weighted by Gasteiger charge is -2.11. The van der Waals surface area contributed by atoms with Gasteiger partial charge in [-0.2, -0.15) is 11.8 Å². The van der Waals surface area contributed by atoms with Crippen LogP contribution in [0.3, 0.4) is 0 Å². The molecule has 1 atom stereocenters. The molecule has 1 unspecified atom stereocenters. The molecule has 0 fully saturated rings. The molecule has 0 spiro atoms. The SMILES string of the molecule is CSC(C)CNS(=O)(=O)c1ccc(C)c(N)c1. The van der Waals surface area contributed by atoms with E-state index in [1.54, 1.807) is 23.9 Å². The Hall–Kier alpha value is -0.720. The summed E-state index contributed by atoms with van der Waals surface area (Å²) in [6.45, 7) is 4.23. The molecule has 0 heterocycles. The van der Waals surface area contributed by atoms with Crippen molar-refractivity contribution in [2.45, 2.75) is 24.0 Å². The molecule has 0 bridgehead atoms. The van der Waals surface area contributed by atoms with Gasteiger partial charge in [-0.05, 0) is 30.9 Å². The van der Waals surface area contributed by atoms with Crippen molar-refractivity contribution >= 4 is 27.5 Å². The number of benzene rings is 1. The molecule has 0 aromatic heterocycles. The van der Waals surface area contributed by atoms with Crippen LogP contribution in [0.1, 0.15) is 12.5 Å². The molecule has 3 N–H and O–H groups in total. The van der Waals surface area contributed by atoms with E-state index in [1.807, 2.05) is 20.1 Å². The van der Waals surface area contributed by atoms with Crippen molar-refractivity contribution in [3.8, 4) is 0 Å². The number of sulfonamides is 1. The van der Waals surface area contributed by atoms with E-state index in [2.05, 4.69) is 4.72 Å². The number of thioether (sulfide) groups is 1. The highest BCUT2D eigenvalue weighted by molar-refractivity contribution is 7.99. The summed E-state index contributed by atoms with van der Waals surface area (Å²) in [6.07, 6.45) is 1.95. The molecule has 17 heavy (non-hydrogen) atoms. The van der Waals surface area contributed by atoms with Crippen molar-refractivity contribution in [3.63, 3.8) is 0 Å². The molecule has 0 aliphatic heterocycles. The second-order valence-corrected chi connectivity index (χ2v) is 6.96. The lowest BCUT2D eigenvalue weighted by Crippen LogP contribution is -2.29. The summed E-state index contributed by atoms with van der Waals surface area (Å²) < 4.78 is 26.4. The Morgan fingerprint density at radius 2 is 2.12 bits per heavy atom. The van der Waals surface area contributed by atoms with Gasteiger partial charge in [0, 0.05) is 17.5 Å². The van der Waals surface area contributed by atoms with E-state index in [9.17, 15) is 8.42 Å². The molecule has 0 saturated carbocycles. The minimum Gasteiger partial charge on any atom is -0.398 e. The second kappa shape index (κ2) is 5.75. The predicted octanol–water partition coefficient (Wildman–Crippen LogP) is 1.61. The van der Waals surface area contributed by atoms with Crippen LogP contribution in [-0.4, -0.2) is 26.5 Å². The molecule has 1 aromatic carbocycles. The zero-order valence-electron chi connectivity index (χ0n) is 10.2. The highest BCUT2D eigenvalue weighted by Gasteiger charge is 2.15. The predicted molar refractivity (Wildman–Crippen MR) is 73.8 cm³/mol. The Bertz CT molecular complexity index is 486. The number of hydrogen-bond acceptors (Lipinski definition) is 4. The minimum absolute atomic E-state index is 0.217. The van der Waals surface area contributed by atoms with Gasteiger partial charge in [-0.25, -0.2) is 13.1 Å². The van der Waals surface area contributed by atoms with Gasteiger partial charge in [0.05, 0.1) is 4.90 Å². The zero-order chi connectivity index (χ0) is 13.1. The number of rotatable bonds is 5. The largest absolute Gasteiger partial charge is 0.398 e. The Balaban J connectivity index is 2.86. The highest BCUT2D eigenvalue weighted by atomic mass is 32.2. The smallest absolute Gasteiger partial charge is 0.240 e. The standard InChI is InChI=1S/C11H18N2O2S2/c1-8-4-5-10(6-11(8)12)17(14,15)13-7-9(2)16-3/h4-6,9,13H,7,12H2,1-3H3. The van der Waals surface area contributed by atoms with Crippen molar-refractivity contribution in [1.29, 1.82) is 0 Å². The van der Waals surface area contributed by atoms with Gasteiger partial charge in [-0.15, -0.1) is 0 Å². The van der Waals surface area contributed by atoms with Crippen LogP contribution in [0.25, 0.3) is 0 Å². The zero-order valence-corrected chi connectivity index (χ0v) is 11.9. The van der Waals surface area contributed by atoms with Gasteiger partial charge in [0.1, 0.15) is 0 Å². The lowest BCUT2D eigenvalue weighted by atomic mass is 10.2. The average molecular weight is 274 g/mol. The summed E-state index contributed by atoms with van der Waals surface area (Å²) in [5, 5.41) is 0.243. The molecule has 1 aromatic rings. The van der Waals surface area contributed by atoms with E-state index in [4.69, 9.17) is 5.73 Å². The van der Waals surface area contributed by atoms with Crippen molar-refractivity contribution in [2.75, 3.05) is 18.5 Å². The number of nitrogen functional groups attached to an aromatic ring is 1. The summed E-state index contributed by atoms with van der Waals surface area (Å²) >= 11 is 1.61. The Morgan fingerprint density at radius 1 is 1.47 bits per heavy atom. The number of anilines is 1. The van der Waals surface area contributed by atoms with E-state index < -0.39 is 10.0 Å². The first-order valence-corrected chi connectivity index (χ1v) is 8.02. The average Bonchev–Trinajstić information content (AvgIpc) is 2.29. The molecule has 4 nitrogen and oxygen atoms in total. The van der Waals surface area contributed by atoms with Crippen LogP contribution in [0.15, 0.2) is 23.1 Å². The first kappa shape index (κ1) is 14.3. The number of hydrogen-bond donors (Lipinski definition) is 2.